The molecule has 0 aliphatic rings. The minimum Gasteiger partial charge on any atom is -0.318 e. The summed E-state index contributed by atoms with van der Waals surface area (Å²) in [6.45, 7) is 17.8. The summed E-state index contributed by atoms with van der Waals surface area (Å²) in [5.41, 5.74) is 9.76. The van der Waals surface area contributed by atoms with E-state index in [2.05, 4.69) is 201 Å². The van der Waals surface area contributed by atoms with Crippen molar-refractivity contribution in [2.24, 2.45) is 0 Å². The molecule has 53 heavy (non-hydrogen) atoms. The number of nitrogens with zero attached hydrogens (tertiary/aromatic N) is 1. The Morgan fingerprint density at radius 1 is 0.491 bits per heavy atom. The van der Waals surface area contributed by atoms with E-state index < -0.39 is 0 Å². The third kappa shape index (κ3) is 8.38. The summed E-state index contributed by atoms with van der Waals surface area (Å²) in [5.74, 6) is 0. The maximum Gasteiger partial charge on any atom is 0.0461 e. The largest absolute Gasteiger partial charge is 0.318 e. The predicted molar refractivity (Wildman–Crippen MR) is 233 cm³/mol. The fraction of sp³-hybridized carbons (Fsp3) is 0.0769. The van der Waals surface area contributed by atoms with Gasteiger partial charge in [0.25, 0.3) is 0 Å². The fourth-order valence-corrected chi connectivity index (χ4v) is 6.89. The molecular formula is C52H45N. The van der Waals surface area contributed by atoms with Crippen LogP contribution in [0.3, 0.4) is 0 Å². The van der Waals surface area contributed by atoms with Crippen LogP contribution in [0.5, 0.6) is 0 Å². The van der Waals surface area contributed by atoms with Crippen molar-refractivity contribution in [3.8, 4) is 0 Å². The van der Waals surface area contributed by atoms with Crippen LogP contribution in [0.4, 0.5) is 5.69 Å². The highest BCUT2D eigenvalue weighted by Gasteiger charge is 2.10. The van der Waals surface area contributed by atoms with Gasteiger partial charge in [0.15, 0.2) is 0 Å². The molecule has 7 aromatic rings. The fourth-order valence-electron chi connectivity index (χ4n) is 6.89. The van der Waals surface area contributed by atoms with Crippen molar-refractivity contribution in [2.45, 2.75) is 25.7 Å². The van der Waals surface area contributed by atoms with Crippen LogP contribution >= 0.6 is 0 Å². The monoisotopic (exact) mass is 683 g/mol. The third-order valence-corrected chi connectivity index (χ3v) is 10.0. The van der Waals surface area contributed by atoms with Crippen LogP contribution in [0.25, 0.3) is 49.0 Å². The molecule has 0 spiro atoms. The molecule has 7 aromatic carbocycles. The lowest BCUT2D eigenvalue weighted by Gasteiger charge is -2.22. The molecule has 0 amide bonds. The lowest BCUT2D eigenvalue weighted by molar-refractivity contribution is 1.02. The normalized spacial score (nSPS) is 11.5. The van der Waals surface area contributed by atoms with Crippen molar-refractivity contribution in [3.63, 3.8) is 0 Å². The van der Waals surface area contributed by atoms with Crippen LogP contribution in [0, 0.1) is 0 Å². The standard InChI is InChI=1S/C52H45N/c1-38(43-16-6-5-7-17-43)15-12-13-34-53(41(4)26-24-39(2)48-33-32-46-31-30-45-19-10-11-23-51(45)52(46)37-48)50-22-14-21-47(36-50)40(3)25-27-42-28-29-44-18-8-9-20-49(44)35-42/h5-11,13-14,16-24,26,28-37H,1-4,12,15,25,27H2/b26-24-,34-13+. The van der Waals surface area contributed by atoms with Gasteiger partial charge in [-0.3, -0.25) is 0 Å². The number of hydrogen-bond donors (Lipinski definition) is 0. The number of hydrogen-bond acceptors (Lipinski definition) is 1. The first kappa shape index (κ1) is 35.0. The molecule has 0 fully saturated rings. The van der Waals surface area contributed by atoms with E-state index in [1.54, 1.807) is 0 Å². The Bertz CT molecular complexity index is 2530. The average Bonchev–Trinajstić information content (AvgIpc) is 3.21. The highest BCUT2D eigenvalue weighted by molar-refractivity contribution is 6.08. The van der Waals surface area contributed by atoms with Crippen molar-refractivity contribution < 1.29 is 0 Å². The van der Waals surface area contributed by atoms with Gasteiger partial charge in [-0.2, -0.15) is 0 Å². The Balaban J connectivity index is 1.10. The van der Waals surface area contributed by atoms with Crippen LogP contribution in [0.15, 0.2) is 208 Å². The van der Waals surface area contributed by atoms with Crippen molar-refractivity contribution in [1.29, 1.82) is 0 Å². The van der Waals surface area contributed by atoms with E-state index in [0.717, 1.165) is 64.9 Å². The molecule has 0 saturated heterocycles. The Hall–Kier alpha value is -6.44. The van der Waals surface area contributed by atoms with Gasteiger partial charge in [0, 0.05) is 17.6 Å². The van der Waals surface area contributed by atoms with E-state index in [0.29, 0.717) is 0 Å². The number of rotatable bonds is 14. The molecule has 0 aliphatic heterocycles. The summed E-state index contributed by atoms with van der Waals surface area (Å²) in [7, 11) is 0. The molecule has 0 saturated carbocycles. The lowest BCUT2D eigenvalue weighted by Crippen LogP contribution is -2.13. The summed E-state index contributed by atoms with van der Waals surface area (Å²) < 4.78 is 0. The average molecular weight is 684 g/mol. The van der Waals surface area contributed by atoms with Crippen LogP contribution in [-0.4, -0.2) is 0 Å². The smallest absolute Gasteiger partial charge is 0.0461 e. The van der Waals surface area contributed by atoms with Crippen LogP contribution in [-0.2, 0) is 6.42 Å². The van der Waals surface area contributed by atoms with Gasteiger partial charge in [0.1, 0.15) is 0 Å². The van der Waals surface area contributed by atoms with Crippen molar-refractivity contribution >= 4 is 54.7 Å². The van der Waals surface area contributed by atoms with E-state index in [4.69, 9.17) is 0 Å². The Kier molecular flexibility index (Phi) is 10.7. The molecule has 0 aromatic heterocycles. The molecule has 0 bridgehead atoms. The summed E-state index contributed by atoms with van der Waals surface area (Å²) in [6, 6.07) is 53.8. The summed E-state index contributed by atoms with van der Waals surface area (Å²) in [6.07, 6.45) is 12.0. The second-order valence-electron chi connectivity index (χ2n) is 13.7. The lowest BCUT2D eigenvalue weighted by atomic mass is 9.97. The SMILES string of the molecule is C=C(/C=C\C(=C)N(/C=C/CCC(=C)c1ccccc1)c1cccc(C(=C)CCc2ccc3ccccc3c2)c1)c1ccc2ccc3ccccc3c2c1. The van der Waals surface area contributed by atoms with Gasteiger partial charge in [-0.1, -0.05) is 172 Å². The Morgan fingerprint density at radius 2 is 1.15 bits per heavy atom. The third-order valence-electron chi connectivity index (χ3n) is 10.0. The summed E-state index contributed by atoms with van der Waals surface area (Å²) >= 11 is 0. The Labute approximate surface area is 314 Å². The van der Waals surface area contributed by atoms with Crippen molar-refractivity contribution in [3.05, 3.63) is 230 Å². The van der Waals surface area contributed by atoms with E-state index in [1.807, 2.05) is 6.07 Å². The van der Waals surface area contributed by atoms with E-state index >= 15 is 0 Å². The zero-order valence-corrected chi connectivity index (χ0v) is 30.3. The summed E-state index contributed by atoms with van der Waals surface area (Å²) in [5, 5.41) is 7.48. The van der Waals surface area contributed by atoms with E-state index in [1.165, 1.54) is 43.4 Å². The number of aryl methyl sites for hydroxylation is 1. The number of benzene rings is 7. The first-order valence-electron chi connectivity index (χ1n) is 18.4. The first-order chi connectivity index (χ1) is 25.9. The Morgan fingerprint density at radius 3 is 1.98 bits per heavy atom. The highest BCUT2D eigenvalue weighted by atomic mass is 15.1. The molecule has 0 aliphatic carbocycles. The molecule has 0 N–H and O–H groups in total. The van der Waals surface area contributed by atoms with E-state index in [9.17, 15) is 0 Å². The van der Waals surface area contributed by atoms with Gasteiger partial charge in [-0.05, 0) is 121 Å². The molecule has 258 valence electrons. The van der Waals surface area contributed by atoms with Crippen LogP contribution < -0.4 is 4.90 Å². The predicted octanol–water partition coefficient (Wildman–Crippen LogP) is 14.4. The van der Waals surface area contributed by atoms with Gasteiger partial charge in [-0.15, -0.1) is 0 Å². The first-order valence-corrected chi connectivity index (χ1v) is 18.4. The molecule has 1 nitrogen and oxygen atoms in total. The second kappa shape index (κ2) is 16.3. The highest BCUT2D eigenvalue weighted by Crippen LogP contribution is 2.30. The maximum atomic E-state index is 4.53. The van der Waals surface area contributed by atoms with Gasteiger partial charge < -0.3 is 4.90 Å². The zero-order chi connectivity index (χ0) is 36.6. The van der Waals surface area contributed by atoms with E-state index in [-0.39, 0.29) is 0 Å². The number of anilines is 1. The number of fused-ring (bicyclic) bond motifs is 4. The molecule has 1 heteroatoms. The molecule has 0 heterocycles. The zero-order valence-electron chi connectivity index (χ0n) is 30.3. The minimum atomic E-state index is 0.842. The quantitative estimate of drug-likeness (QED) is 0.0815. The molecule has 7 rings (SSSR count). The topological polar surface area (TPSA) is 3.24 Å². The molecular weight excluding hydrogens is 639 g/mol. The van der Waals surface area contributed by atoms with Crippen LogP contribution in [0.2, 0.25) is 0 Å². The number of allylic oxidation sites excluding steroid dienone is 6. The van der Waals surface area contributed by atoms with Gasteiger partial charge in [0.05, 0.1) is 0 Å². The van der Waals surface area contributed by atoms with Gasteiger partial charge in [0.2, 0.25) is 0 Å². The maximum absolute atomic E-state index is 4.53. The molecule has 0 atom stereocenters. The van der Waals surface area contributed by atoms with Crippen molar-refractivity contribution in [1.82, 2.24) is 0 Å². The molecule has 0 unspecified atom stereocenters. The second-order valence-corrected chi connectivity index (χ2v) is 13.7. The van der Waals surface area contributed by atoms with Crippen molar-refractivity contribution in [2.75, 3.05) is 4.90 Å². The minimum absolute atomic E-state index is 0.842. The van der Waals surface area contributed by atoms with Gasteiger partial charge >= 0.3 is 0 Å². The summed E-state index contributed by atoms with van der Waals surface area (Å²) in [4.78, 5) is 2.16. The van der Waals surface area contributed by atoms with Gasteiger partial charge in [-0.25, -0.2) is 0 Å². The molecule has 0 radical (unpaired) electrons. The van der Waals surface area contributed by atoms with Crippen LogP contribution in [0.1, 0.15) is 41.5 Å².